The molecule has 0 unspecified atom stereocenters. The second kappa shape index (κ2) is 7.07. The van der Waals surface area contributed by atoms with E-state index in [1.54, 1.807) is 11.3 Å². The van der Waals surface area contributed by atoms with Crippen LogP contribution in [0.2, 0.25) is 4.34 Å². The summed E-state index contributed by atoms with van der Waals surface area (Å²) in [5, 5.41) is 0. The van der Waals surface area contributed by atoms with E-state index >= 15 is 0 Å². The third-order valence-electron chi connectivity index (χ3n) is 4.50. The summed E-state index contributed by atoms with van der Waals surface area (Å²) in [7, 11) is 2.22. The molecule has 108 valence electrons. The lowest BCUT2D eigenvalue weighted by Crippen LogP contribution is -2.51. The fourth-order valence-electron chi connectivity index (χ4n) is 3.14. The fourth-order valence-corrected chi connectivity index (χ4v) is 4.28. The van der Waals surface area contributed by atoms with Crippen LogP contribution in [0.3, 0.4) is 0 Å². The lowest BCUT2D eigenvalue weighted by molar-refractivity contribution is 0.0875. The summed E-state index contributed by atoms with van der Waals surface area (Å²) in [6, 6.07) is 4.12. The molecule has 1 aromatic rings. The Morgan fingerprint density at radius 1 is 1.21 bits per heavy atom. The van der Waals surface area contributed by atoms with Crippen molar-refractivity contribution in [3.63, 3.8) is 0 Å². The minimum absolute atomic E-state index is 0.191. The molecule has 19 heavy (non-hydrogen) atoms. The summed E-state index contributed by atoms with van der Waals surface area (Å²) >= 11 is 7.70. The number of likely N-dealkylation sites (N-methyl/N-ethyl adjacent to an activating group) is 1. The molecule has 0 bridgehead atoms. The van der Waals surface area contributed by atoms with Crippen LogP contribution in [0.4, 0.5) is 0 Å². The van der Waals surface area contributed by atoms with E-state index < -0.39 is 0 Å². The van der Waals surface area contributed by atoms with Crippen LogP contribution in [-0.2, 0) is 6.54 Å². The van der Waals surface area contributed by atoms with Crippen molar-refractivity contribution in [2.75, 3.05) is 13.6 Å². The van der Waals surface area contributed by atoms with E-state index in [2.05, 4.69) is 18.0 Å². The van der Waals surface area contributed by atoms with E-state index in [0.29, 0.717) is 0 Å². The Labute approximate surface area is 125 Å². The molecule has 1 aromatic heterocycles. The quantitative estimate of drug-likeness (QED) is 0.899. The lowest BCUT2D eigenvalue weighted by Gasteiger charge is -2.42. The first-order valence-corrected chi connectivity index (χ1v) is 8.51. The maximum atomic E-state index is 6.15. The molecule has 2 nitrogen and oxygen atoms in total. The lowest BCUT2D eigenvalue weighted by atomic mass is 9.82. The van der Waals surface area contributed by atoms with E-state index in [4.69, 9.17) is 17.3 Å². The summed E-state index contributed by atoms with van der Waals surface area (Å²) in [6.45, 7) is 1.73. The van der Waals surface area contributed by atoms with Crippen molar-refractivity contribution in [2.24, 2.45) is 5.73 Å². The molecule has 0 spiro atoms. The monoisotopic (exact) mass is 300 g/mol. The molecule has 1 fully saturated rings. The summed E-state index contributed by atoms with van der Waals surface area (Å²) in [5.41, 5.74) is 6.35. The van der Waals surface area contributed by atoms with Gasteiger partial charge in [-0.25, -0.2) is 0 Å². The van der Waals surface area contributed by atoms with Crippen LogP contribution in [0.25, 0.3) is 0 Å². The van der Waals surface area contributed by atoms with Crippen molar-refractivity contribution in [1.29, 1.82) is 0 Å². The molecule has 1 heterocycles. The van der Waals surface area contributed by atoms with Gasteiger partial charge in [-0.1, -0.05) is 43.7 Å². The molecule has 1 aliphatic carbocycles. The highest BCUT2D eigenvalue weighted by Crippen LogP contribution is 2.32. The van der Waals surface area contributed by atoms with Crippen LogP contribution in [0, 0.1) is 0 Å². The van der Waals surface area contributed by atoms with Crippen LogP contribution in [0.1, 0.15) is 49.8 Å². The maximum absolute atomic E-state index is 6.15. The maximum Gasteiger partial charge on any atom is 0.0931 e. The standard InChI is InChI=1S/C15H25ClN2S/c1-18(11-13-7-8-14(16)19-13)15(12-17)9-5-3-2-4-6-10-15/h7-8H,2-6,9-12,17H2,1H3. The molecule has 0 aromatic carbocycles. The SMILES string of the molecule is CN(Cc1ccc(Cl)s1)C1(CN)CCCCCCC1. The van der Waals surface area contributed by atoms with Gasteiger partial charge in [-0.3, -0.25) is 4.90 Å². The van der Waals surface area contributed by atoms with E-state index in [1.165, 1.54) is 49.8 Å². The molecule has 0 amide bonds. The highest BCUT2D eigenvalue weighted by atomic mass is 35.5. The summed E-state index contributed by atoms with van der Waals surface area (Å²) in [5.74, 6) is 0. The smallest absolute Gasteiger partial charge is 0.0931 e. The van der Waals surface area contributed by atoms with Gasteiger partial charge in [0.2, 0.25) is 0 Å². The van der Waals surface area contributed by atoms with E-state index in [1.807, 2.05) is 6.07 Å². The van der Waals surface area contributed by atoms with Crippen molar-refractivity contribution in [1.82, 2.24) is 4.90 Å². The Balaban J connectivity index is 2.05. The van der Waals surface area contributed by atoms with Gasteiger partial charge in [-0.2, -0.15) is 0 Å². The fraction of sp³-hybridized carbons (Fsp3) is 0.733. The highest BCUT2D eigenvalue weighted by molar-refractivity contribution is 7.16. The molecule has 2 N–H and O–H groups in total. The van der Waals surface area contributed by atoms with Crippen LogP contribution < -0.4 is 5.73 Å². The Kier molecular flexibility index (Phi) is 5.70. The largest absolute Gasteiger partial charge is 0.329 e. The number of hydrogen-bond donors (Lipinski definition) is 1. The average molecular weight is 301 g/mol. The zero-order valence-electron chi connectivity index (χ0n) is 11.8. The summed E-state index contributed by atoms with van der Waals surface area (Å²) < 4.78 is 0.878. The van der Waals surface area contributed by atoms with Crippen LogP contribution in [-0.4, -0.2) is 24.0 Å². The van der Waals surface area contributed by atoms with Gasteiger partial charge in [-0.05, 0) is 32.0 Å². The first kappa shape index (κ1) is 15.3. The zero-order valence-corrected chi connectivity index (χ0v) is 13.4. The van der Waals surface area contributed by atoms with Crippen molar-refractivity contribution in [3.05, 3.63) is 21.3 Å². The van der Waals surface area contributed by atoms with Crippen LogP contribution in [0.15, 0.2) is 12.1 Å². The molecule has 1 aliphatic rings. The zero-order chi connectivity index (χ0) is 13.7. The number of thiophene rings is 1. The highest BCUT2D eigenvalue weighted by Gasteiger charge is 2.33. The van der Waals surface area contributed by atoms with Crippen LogP contribution >= 0.6 is 22.9 Å². The van der Waals surface area contributed by atoms with Gasteiger partial charge in [0, 0.05) is 23.5 Å². The third-order valence-corrected chi connectivity index (χ3v) is 5.71. The normalized spacial score (nSPS) is 20.2. The minimum Gasteiger partial charge on any atom is -0.329 e. The molecule has 0 radical (unpaired) electrons. The van der Waals surface area contributed by atoms with Crippen molar-refractivity contribution >= 4 is 22.9 Å². The molecule has 0 saturated heterocycles. The Morgan fingerprint density at radius 2 is 1.84 bits per heavy atom. The Morgan fingerprint density at radius 3 is 2.37 bits per heavy atom. The molecular weight excluding hydrogens is 276 g/mol. The van der Waals surface area contributed by atoms with Gasteiger partial charge in [0.25, 0.3) is 0 Å². The van der Waals surface area contributed by atoms with Crippen molar-refractivity contribution in [3.8, 4) is 0 Å². The molecule has 2 rings (SSSR count). The van der Waals surface area contributed by atoms with Crippen molar-refractivity contribution < 1.29 is 0 Å². The number of hydrogen-bond acceptors (Lipinski definition) is 3. The van der Waals surface area contributed by atoms with E-state index in [-0.39, 0.29) is 5.54 Å². The first-order valence-electron chi connectivity index (χ1n) is 7.32. The predicted octanol–water partition coefficient (Wildman–Crippen LogP) is 4.28. The summed E-state index contributed by atoms with van der Waals surface area (Å²) in [4.78, 5) is 3.81. The predicted molar refractivity (Wildman–Crippen MR) is 84.9 cm³/mol. The third kappa shape index (κ3) is 3.94. The summed E-state index contributed by atoms with van der Waals surface area (Å²) in [6.07, 6.45) is 9.21. The van der Waals surface area contributed by atoms with Crippen molar-refractivity contribution in [2.45, 2.75) is 57.0 Å². The minimum atomic E-state index is 0.191. The second-order valence-electron chi connectivity index (χ2n) is 5.76. The van der Waals surface area contributed by atoms with E-state index in [0.717, 1.165) is 17.4 Å². The number of rotatable bonds is 4. The first-order chi connectivity index (χ1) is 9.16. The molecular formula is C15H25ClN2S. The van der Waals surface area contributed by atoms with Gasteiger partial charge in [0.1, 0.15) is 0 Å². The number of halogens is 1. The van der Waals surface area contributed by atoms with Gasteiger partial charge in [-0.15, -0.1) is 11.3 Å². The van der Waals surface area contributed by atoms with Gasteiger partial charge in [0.15, 0.2) is 0 Å². The van der Waals surface area contributed by atoms with E-state index in [9.17, 15) is 0 Å². The molecule has 4 heteroatoms. The van der Waals surface area contributed by atoms with Crippen LogP contribution in [0.5, 0.6) is 0 Å². The van der Waals surface area contributed by atoms with Gasteiger partial charge in [0.05, 0.1) is 4.34 Å². The Hall–Kier alpha value is -0.0900. The average Bonchev–Trinajstić information content (AvgIpc) is 2.75. The topological polar surface area (TPSA) is 29.3 Å². The second-order valence-corrected chi connectivity index (χ2v) is 7.56. The molecule has 0 atom stereocenters. The number of nitrogens with zero attached hydrogens (tertiary/aromatic N) is 1. The molecule has 0 aliphatic heterocycles. The van der Waals surface area contributed by atoms with Gasteiger partial charge >= 0.3 is 0 Å². The number of nitrogens with two attached hydrogens (primary N) is 1. The molecule has 1 saturated carbocycles. The Bertz CT molecular complexity index is 383. The van der Waals surface area contributed by atoms with Gasteiger partial charge < -0.3 is 5.73 Å².